The zero-order chi connectivity index (χ0) is 14.0. The van der Waals surface area contributed by atoms with E-state index in [1.54, 1.807) is 12.1 Å². The number of hydrogen-bond donors (Lipinski definition) is 0. The van der Waals surface area contributed by atoms with Gasteiger partial charge in [-0.15, -0.1) is 11.6 Å². The Morgan fingerprint density at radius 3 is 2.84 bits per heavy atom. The van der Waals surface area contributed by atoms with Gasteiger partial charge in [0.2, 0.25) is 10.0 Å². The zero-order valence-electron chi connectivity index (χ0n) is 10.5. The van der Waals surface area contributed by atoms with Crippen LogP contribution in [0.5, 0.6) is 0 Å². The van der Waals surface area contributed by atoms with E-state index in [-0.39, 0.29) is 21.9 Å². The minimum absolute atomic E-state index is 0.112. The maximum absolute atomic E-state index is 12.6. The Bertz CT molecular complexity index is 562. The van der Waals surface area contributed by atoms with E-state index in [0.29, 0.717) is 19.7 Å². The first kappa shape index (κ1) is 15.1. The van der Waals surface area contributed by atoms with Gasteiger partial charge in [-0.3, -0.25) is 0 Å². The molecule has 1 aliphatic rings. The average molecular weight is 324 g/mol. The predicted octanol–water partition coefficient (Wildman–Crippen LogP) is 2.49. The van der Waals surface area contributed by atoms with Gasteiger partial charge in [0.05, 0.1) is 17.7 Å². The van der Waals surface area contributed by atoms with Crippen molar-refractivity contribution in [2.75, 3.05) is 19.7 Å². The molecule has 0 radical (unpaired) electrons. The molecular weight excluding hydrogens is 309 g/mol. The molecular formula is C12H15Cl2NO3S. The average Bonchev–Trinajstić information content (AvgIpc) is 2.39. The quantitative estimate of drug-likeness (QED) is 0.803. The molecule has 0 aliphatic carbocycles. The van der Waals surface area contributed by atoms with E-state index < -0.39 is 10.0 Å². The third kappa shape index (κ3) is 3.23. The van der Waals surface area contributed by atoms with Gasteiger partial charge >= 0.3 is 0 Å². The van der Waals surface area contributed by atoms with Crippen molar-refractivity contribution in [3.8, 4) is 0 Å². The molecule has 19 heavy (non-hydrogen) atoms. The van der Waals surface area contributed by atoms with Crippen molar-refractivity contribution in [3.63, 3.8) is 0 Å². The Hall–Kier alpha value is -0.330. The molecule has 0 N–H and O–H groups in total. The van der Waals surface area contributed by atoms with Crippen molar-refractivity contribution < 1.29 is 13.2 Å². The number of rotatable bonds is 3. The number of benzene rings is 1. The molecule has 1 unspecified atom stereocenters. The van der Waals surface area contributed by atoms with Crippen LogP contribution in [-0.2, 0) is 20.6 Å². The highest BCUT2D eigenvalue weighted by molar-refractivity contribution is 7.89. The Balaban J connectivity index is 2.38. The van der Waals surface area contributed by atoms with Gasteiger partial charge in [0, 0.05) is 19.0 Å². The SMILES string of the molecule is CC1CN(S(=O)(=O)c2cc(CCl)ccc2Cl)CCO1. The fraction of sp³-hybridized carbons (Fsp3) is 0.500. The third-order valence-electron chi connectivity index (χ3n) is 2.97. The van der Waals surface area contributed by atoms with E-state index in [2.05, 4.69) is 0 Å². The van der Waals surface area contributed by atoms with Crippen LogP contribution in [0.1, 0.15) is 12.5 Å². The van der Waals surface area contributed by atoms with Crippen molar-refractivity contribution in [2.24, 2.45) is 0 Å². The lowest BCUT2D eigenvalue weighted by molar-refractivity contribution is 0.0102. The first-order valence-corrected chi connectivity index (χ1v) is 8.26. The van der Waals surface area contributed by atoms with E-state index in [1.807, 2.05) is 6.92 Å². The van der Waals surface area contributed by atoms with Gasteiger partial charge in [-0.2, -0.15) is 4.31 Å². The standard InChI is InChI=1S/C12H15Cl2NO3S/c1-9-8-15(4-5-18-9)19(16,17)12-6-10(7-13)2-3-11(12)14/h2-3,6,9H,4-5,7-8H2,1H3. The summed E-state index contributed by atoms with van der Waals surface area (Å²) < 4.78 is 31.9. The van der Waals surface area contributed by atoms with Crippen LogP contribution >= 0.6 is 23.2 Å². The number of morpholine rings is 1. The third-order valence-corrected chi connectivity index (χ3v) is 5.63. The Kier molecular flexibility index (Phi) is 4.74. The highest BCUT2D eigenvalue weighted by atomic mass is 35.5. The molecule has 106 valence electrons. The minimum atomic E-state index is -3.60. The summed E-state index contributed by atoms with van der Waals surface area (Å²) in [5.74, 6) is 0.249. The van der Waals surface area contributed by atoms with Crippen LogP contribution in [0, 0.1) is 0 Å². The van der Waals surface area contributed by atoms with Crippen molar-refractivity contribution in [2.45, 2.75) is 23.8 Å². The summed E-state index contributed by atoms with van der Waals surface area (Å²) in [5, 5.41) is 0.216. The lowest BCUT2D eigenvalue weighted by Crippen LogP contribution is -2.44. The molecule has 1 heterocycles. The predicted molar refractivity (Wildman–Crippen MR) is 75.2 cm³/mol. The fourth-order valence-electron chi connectivity index (χ4n) is 1.97. The molecule has 1 fully saturated rings. The molecule has 0 aromatic heterocycles. The first-order valence-electron chi connectivity index (χ1n) is 5.91. The first-order chi connectivity index (χ1) is 8.95. The fourth-order valence-corrected chi connectivity index (χ4v) is 4.16. The summed E-state index contributed by atoms with van der Waals surface area (Å²) in [6.07, 6.45) is -0.112. The van der Waals surface area contributed by atoms with Gasteiger partial charge in [0.25, 0.3) is 0 Å². The van der Waals surface area contributed by atoms with Crippen LogP contribution in [0.2, 0.25) is 5.02 Å². The number of sulfonamides is 1. The van der Waals surface area contributed by atoms with Crippen LogP contribution < -0.4 is 0 Å². The largest absolute Gasteiger partial charge is 0.376 e. The highest BCUT2D eigenvalue weighted by Gasteiger charge is 2.30. The highest BCUT2D eigenvalue weighted by Crippen LogP contribution is 2.27. The summed E-state index contributed by atoms with van der Waals surface area (Å²) in [7, 11) is -3.60. The molecule has 4 nitrogen and oxygen atoms in total. The monoisotopic (exact) mass is 323 g/mol. The van der Waals surface area contributed by atoms with Gasteiger partial charge in [-0.25, -0.2) is 8.42 Å². The van der Waals surface area contributed by atoms with Gasteiger partial charge < -0.3 is 4.74 Å². The maximum atomic E-state index is 12.6. The summed E-state index contributed by atoms with van der Waals surface area (Å²) in [5.41, 5.74) is 0.728. The van der Waals surface area contributed by atoms with Crippen LogP contribution in [0.25, 0.3) is 0 Å². The molecule has 1 saturated heterocycles. The summed E-state index contributed by atoms with van der Waals surface area (Å²) in [6, 6.07) is 4.82. The lowest BCUT2D eigenvalue weighted by atomic mass is 10.2. The van der Waals surface area contributed by atoms with E-state index in [0.717, 1.165) is 5.56 Å². The van der Waals surface area contributed by atoms with Crippen molar-refractivity contribution >= 4 is 33.2 Å². The smallest absolute Gasteiger partial charge is 0.244 e. The van der Waals surface area contributed by atoms with Crippen LogP contribution in [0.4, 0.5) is 0 Å². The van der Waals surface area contributed by atoms with E-state index >= 15 is 0 Å². The normalized spacial score (nSPS) is 21.5. The van der Waals surface area contributed by atoms with Crippen LogP contribution in [-0.4, -0.2) is 38.5 Å². The van der Waals surface area contributed by atoms with Gasteiger partial charge in [-0.05, 0) is 24.6 Å². The molecule has 0 saturated carbocycles. The number of halogens is 2. The number of nitrogens with zero attached hydrogens (tertiary/aromatic N) is 1. The molecule has 1 atom stereocenters. The summed E-state index contributed by atoms with van der Waals surface area (Å²) in [6.45, 7) is 2.92. The second-order valence-corrected chi connectivity index (χ2v) is 7.02. The molecule has 0 amide bonds. The van der Waals surface area contributed by atoms with Crippen molar-refractivity contribution in [1.29, 1.82) is 0 Å². The molecule has 1 aromatic rings. The minimum Gasteiger partial charge on any atom is -0.376 e. The second-order valence-electron chi connectivity index (χ2n) is 4.44. The zero-order valence-corrected chi connectivity index (χ0v) is 12.8. The van der Waals surface area contributed by atoms with Crippen LogP contribution in [0.15, 0.2) is 23.1 Å². The number of ether oxygens (including phenoxy) is 1. The molecule has 0 bridgehead atoms. The van der Waals surface area contributed by atoms with Crippen molar-refractivity contribution in [3.05, 3.63) is 28.8 Å². The Morgan fingerprint density at radius 2 is 2.21 bits per heavy atom. The van der Waals surface area contributed by atoms with Gasteiger partial charge in [0.15, 0.2) is 0 Å². The second kappa shape index (κ2) is 5.97. The van der Waals surface area contributed by atoms with E-state index in [1.165, 1.54) is 10.4 Å². The topological polar surface area (TPSA) is 46.6 Å². The van der Waals surface area contributed by atoms with Crippen molar-refractivity contribution in [1.82, 2.24) is 4.31 Å². The number of alkyl halides is 1. The summed E-state index contributed by atoms with van der Waals surface area (Å²) in [4.78, 5) is 0.112. The molecule has 7 heteroatoms. The molecule has 0 spiro atoms. The molecule has 2 rings (SSSR count). The summed E-state index contributed by atoms with van der Waals surface area (Å²) >= 11 is 11.8. The van der Waals surface area contributed by atoms with Gasteiger partial charge in [0.1, 0.15) is 4.90 Å². The van der Waals surface area contributed by atoms with Crippen LogP contribution in [0.3, 0.4) is 0 Å². The lowest BCUT2D eigenvalue weighted by Gasteiger charge is -2.30. The van der Waals surface area contributed by atoms with Gasteiger partial charge in [-0.1, -0.05) is 17.7 Å². The van der Waals surface area contributed by atoms with E-state index in [4.69, 9.17) is 27.9 Å². The maximum Gasteiger partial charge on any atom is 0.244 e. The number of hydrogen-bond acceptors (Lipinski definition) is 3. The molecule has 1 aromatic carbocycles. The Morgan fingerprint density at radius 1 is 1.47 bits per heavy atom. The Labute approximate surface area is 123 Å². The van der Waals surface area contributed by atoms with E-state index in [9.17, 15) is 8.42 Å². The molecule has 1 aliphatic heterocycles.